The van der Waals surface area contributed by atoms with Crippen molar-refractivity contribution in [3.63, 3.8) is 0 Å². The molecule has 1 heterocycles. The number of nitrogens with one attached hydrogen (secondary N) is 1. The SMILES string of the molecule is CC(C)(C)OC(=O)NN=C1CN(C(=O)O)C1. The molecule has 2 N–H and O–H groups in total. The average Bonchev–Trinajstić information content (AvgIpc) is 1.96. The Morgan fingerprint density at radius 2 is 2.00 bits per heavy atom. The molecule has 0 bridgehead atoms. The highest BCUT2D eigenvalue weighted by Crippen LogP contribution is 2.07. The van der Waals surface area contributed by atoms with E-state index in [-0.39, 0.29) is 13.1 Å². The molecule has 0 aromatic heterocycles. The van der Waals surface area contributed by atoms with Crippen LogP contribution in [-0.4, -0.2) is 46.6 Å². The zero-order chi connectivity index (χ0) is 12.3. The summed E-state index contributed by atoms with van der Waals surface area (Å²) in [5, 5.41) is 12.3. The second-order valence-corrected chi connectivity index (χ2v) is 4.43. The summed E-state index contributed by atoms with van der Waals surface area (Å²) in [6, 6.07) is 0. The van der Waals surface area contributed by atoms with Gasteiger partial charge >= 0.3 is 12.2 Å². The standard InChI is InChI=1S/C9H15N3O4/c1-9(2,3)16-7(13)11-10-6-4-12(5-6)8(14)15/h4-5H2,1-3H3,(H,11,13)(H,14,15). The van der Waals surface area contributed by atoms with E-state index < -0.39 is 17.8 Å². The van der Waals surface area contributed by atoms with Gasteiger partial charge in [0.25, 0.3) is 0 Å². The molecular formula is C9H15N3O4. The summed E-state index contributed by atoms with van der Waals surface area (Å²) in [4.78, 5) is 22.7. The molecule has 1 saturated heterocycles. The van der Waals surface area contributed by atoms with Crippen molar-refractivity contribution in [1.29, 1.82) is 0 Å². The van der Waals surface area contributed by atoms with Gasteiger partial charge in [-0.05, 0) is 20.8 Å². The van der Waals surface area contributed by atoms with Crippen LogP contribution in [0.1, 0.15) is 20.8 Å². The fourth-order valence-corrected chi connectivity index (χ4v) is 1.03. The fraction of sp³-hybridized carbons (Fsp3) is 0.667. The zero-order valence-electron chi connectivity index (χ0n) is 9.48. The molecule has 16 heavy (non-hydrogen) atoms. The molecular weight excluding hydrogens is 214 g/mol. The van der Waals surface area contributed by atoms with Crippen LogP contribution in [0, 0.1) is 0 Å². The number of carbonyl (C=O) groups is 2. The average molecular weight is 229 g/mol. The normalized spacial score (nSPS) is 15.2. The van der Waals surface area contributed by atoms with Gasteiger partial charge < -0.3 is 9.84 Å². The molecule has 7 heteroatoms. The molecule has 0 unspecified atom stereocenters. The Morgan fingerprint density at radius 1 is 1.44 bits per heavy atom. The highest BCUT2D eigenvalue weighted by molar-refractivity contribution is 5.98. The second kappa shape index (κ2) is 4.38. The third-order valence-corrected chi connectivity index (χ3v) is 1.72. The lowest BCUT2D eigenvalue weighted by Crippen LogP contribution is -2.51. The second-order valence-electron chi connectivity index (χ2n) is 4.43. The van der Waals surface area contributed by atoms with Crippen LogP contribution in [0.15, 0.2) is 5.10 Å². The molecule has 0 aromatic rings. The van der Waals surface area contributed by atoms with Crippen molar-refractivity contribution >= 4 is 17.9 Å². The summed E-state index contributed by atoms with van der Waals surface area (Å²) in [5.41, 5.74) is 2.24. The van der Waals surface area contributed by atoms with Crippen molar-refractivity contribution in [2.75, 3.05) is 13.1 Å². The number of hydrogen-bond acceptors (Lipinski definition) is 4. The number of nitrogens with zero attached hydrogens (tertiary/aromatic N) is 2. The monoisotopic (exact) mass is 229 g/mol. The molecule has 0 atom stereocenters. The minimum atomic E-state index is -0.990. The lowest BCUT2D eigenvalue weighted by molar-refractivity contribution is 0.0528. The molecule has 0 radical (unpaired) electrons. The Balaban J connectivity index is 2.29. The largest absolute Gasteiger partial charge is 0.465 e. The Bertz CT molecular complexity index is 324. The van der Waals surface area contributed by atoms with E-state index in [0.29, 0.717) is 5.71 Å². The molecule has 0 spiro atoms. The number of carbonyl (C=O) groups excluding carboxylic acids is 1. The molecule has 90 valence electrons. The third kappa shape index (κ3) is 3.76. The quantitative estimate of drug-likeness (QED) is 0.652. The van der Waals surface area contributed by atoms with Gasteiger partial charge in [-0.15, -0.1) is 0 Å². The summed E-state index contributed by atoms with van der Waals surface area (Å²) in [5.74, 6) is 0. The van der Waals surface area contributed by atoms with Crippen LogP contribution in [0.5, 0.6) is 0 Å². The minimum absolute atomic E-state index is 0.227. The fourth-order valence-electron chi connectivity index (χ4n) is 1.03. The van der Waals surface area contributed by atoms with Crippen molar-refractivity contribution in [2.24, 2.45) is 5.10 Å². The number of rotatable bonds is 1. The van der Waals surface area contributed by atoms with Crippen LogP contribution in [0.25, 0.3) is 0 Å². The summed E-state index contributed by atoms with van der Waals surface area (Å²) >= 11 is 0. The summed E-state index contributed by atoms with van der Waals surface area (Å²) < 4.78 is 4.94. The number of likely N-dealkylation sites (tertiary alicyclic amines) is 1. The van der Waals surface area contributed by atoms with E-state index in [9.17, 15) is 9.59 Å². The van der Waals surface area contributed by atoms with Crippen LogP contribution in [0.2, 0.25) is 0 Å². The highest BCUT2D eigenvalue weighted by atomic mass is 16.6. The van der Waals surface area contributed by atoms with Gasteiger partial charge in [-0.3, -0.25) is 4.90 Å². The van der Waals surface area contributed by atoms with Gasteiger partial charge in [-0.25, -0.2) is 15.0 Å². The van der Waals surface area contributed by atoms with E-state index in [1.165, 1.54) is 4.90 Å². The maximum Gasteiger partial charge on any atom is 0.428 e. The lowest BCUT2D eigenvalue weighted by atomic mass is 10.2. The molecule has 1 aliphatic heterocycles. The summed E-state index contributed by atoms with van der Waals surface area (Å²) in [6.45, 7) is 5.69. The van der Waals surface area contributed by atoms with Gasteiger partial charge in [-0.2, -0.15) is 5.10 Å². The topological polar surface area (TPSA) is 91.2 Å². The molecule has 2 amide bonds. The van der Waals surface area contributed by atoms with E-state index in [0.717, 1.165) is 0 Å². The van der Waals surface area contributed by atoms with E-state index in [4.69, 9.17) is 9.84 Å². The Kier molecular flexibility index (Phi) is 3.36. The number of carboxylic acid groups (broad SMARTS) is 1. The molecule has 1 fully saturated rings. The molecule has 0 aromatic carbocycles. The first-order valence-corrected chi connectivity index (χ1v) is 4.80. The van der Waals surface area contributed by atoms with E-state index >= 15 is 0 Å². The van der Waals surface area contributed by atoms with Crippen molar-refractivity contribution in [3.05, 3.63) is 0 Å². The lowest BCUT2D eigenvalue weighted by Gasteiger charge is -2.29. The van der Waals surface area contributed by atoms with Crippen molar-refractivity contribution < 1.29 is 19.4 Å². The van der Waals surface area contributed by atoms with Gasteiger partial charge in [0.2, 0.25) is 0 Å². The Labute approximate surface area is 93.1 Å². The van der Waals surface area contributed by atoms with Gasteiger partial charge in [0, 0.05) is 0 Å². The smallest absolute Gasteiger partial charge is 0.428 e. The summed E-state index contributed by atoms with van der Waals surface area (Å²) in [7, 11) is 0. The van der Waals surface area contributed by atoms with Crippen molar-refractivity contribution in [1.82, 2.24) is 10.3 Å². The van der Waals surface area contributed by atoms with E-state index in [1.54, 1.807) is 20.8 Å². The molecule has 1 rings (SSSR count). The van der Waals surface area contributed by atoms with Gasteiger partial charge in [0.1, 0.15) is 5.60 Å². The maximum atomic E-state index is 11.1. The Morgan fingerprint density at radius 3 is 2.44 bits per heavy atom. The maximum absolute atomic E-state index is 11.1. The van der Waals surface area contributed by atoms with Crippen molar-refractivity contribution in [2.45, 2.75) is 26.4 Å². The summed E-state index contributed by atoms with van der Waals surface area (Å²) in [6.07, 6.45) is -1.63. The first kappa shape index (κ1) is 12.3. The predicted octanol–water partition coefficient (Wildman–Crippen LogP) is 0.861. The van der Waals surface area contributed by atoms with Gasteiger partial charge in [0.05, 0.1) is 18.8 Å². The number of amides is 2. The predicted molar refractivity (Wildman–Crippen MR) is 56.4 cm³/mol. The van der Waals surface area contributed by atoms with Crippen LogP contribution in [0.4, 0.5) is 9.59 Å². The first-order chi connectivity index (χ1) is 7.28. The number of hydrazone groups is 1. The van der Waals surface area contributed by atoms with Gasteiger partial charge in [-0.1, -0.05) is 0 Å². The molecule has 0 saturated carbocycles. The highest BCUT2D eigenvalue weighted by Gasteiger charge is 2.26. The van der Waals surface area contributed by atoms with Crippen LogP contribution in [-0.2, 0) is 4.74 Å². The van der Waals surface area contributed by atoms with Crippen molar-refractivity contribution in [3.8, 4) is 0 Å². The van der Waals surface area contributed by atoms with Crippen LogP contribution >= 0.6 is 0 Å². The Hall–Kier alpha value is -1.79. The van der Waals surface area contributed by atoms with E-state index in [2.05, 4.69) is 10.5 Å². The number of hydrogen-bond donors (Lipinski definition) is 2. The third-order valence-electron chi connectivity index (χ3n) is 1.72. The zero-order valence-corrected chi connectivity index (χ0v) is 9.48. The first-order valence-electron chi connectivity index (χ1n) is 4.80. The van der Waals surface area contributed by atoms with Crippen LogP contribution in [0.3, 0.4) is 0 Å². The number of ether oxygens (including phenoxy) is 1. The molecule has 1 aliphatic rings. The van der Waals surface area contributed by atoms with Gasteiger partial charge in [0.15, 0.2) is 0 Å². The molecule has 7 nitrogen and oxygen atoms in total. The van der Waals surface area contributed by atoms with Crippen LogP contribution < -0.4 is 5.43 Å². The minimum Gasteiger partial charge on any atom is -0.465 e. The molecule has 0 aliphatic carbocycles. The van der Waals surface area contributed by atoms with E-state index in [1.807, 2.05) is 0 Å².